The van der Waals surface area contributed by atoms with Crippen LogP contribution in [-0.4, -0.2) is 9.97 Å². The van der Waals surface area contributed by atoms with E-state index in [4.69, 9.17) is 11.6 Å². The van der Waals surface area contributed by atoms with Crippen LogP contribution in [0.4, 0.5) is 4.39 Å². The number of alkyl halides is 1. The maximum Gasteiger partial charge on any atom is 0.201 e. The number of nitrogens with one attached hydrogen (secondary N) is 1. The molecule has 1 aromatic heterocycles. The molecule has 1 heterocycles. The number of fused-ring (bicyclic) bond motifs is 1. The number of hydrogen-bond acceptors (Lipinski definition) is 1. The first-order chi connectivity index (χ1) is 6.47. The van der Waals surface area contributed by atoms with Crippen LogP contribution in [0.15, 0.2) is 18.2 Å². The largest absolute Gasteiger partial charge is 0.329 e. The summed E-state index contributed by atoms with van der Waals surface area (Å²) in [7, 11) is 0. The first kappa shape index (κ1) is 9.46. The molecule has 2 rings (SSSR count). The van der Waals surface area contributed by atoms with Crippen LogP contribution in [0.5, 0.6) is 0 Å². The van der Waals surface area contributed by atoms with E-state index >= 15 is 0 Å². The van der Waals surface area contributed by atoms with Gasteiger partial charge < -0.3 is 4.98 Å². The van der Waals surface area contributed by atoms with Crippen LogP contribution < -0.4 is 0 Å². The molecule has 1 aromatic carbocycles. The molecule has 0 unspecified atom stereocenters. The molecular weight excluding hydrogens is 203 g/mol. The minimum absolute atomic E-state index is 0.328. The molecule has 0 saturated heterocycles. The van der Waals surface area contributed by atoms with E-state index in [1.54, 1.807) is 18.2 Å². The first-order valence-electron chi connectivity index (χ1n) is 4.31. The van der Waals surface area contributed by atoms with E-state index in [1.165, 1.54) is 13.8 Å². The number of nitrogens with zero attached hydrogens (tertiary/aromatic N) is 1. The Balaban J connectivity index is 2.62. The molecule has 0 aliphatic heterocycles. The van der Waals surface area contributed by atoms with E-state index in [-0.39, 0.29) is 0 Å². The van der Waals surface area contributed by atoms with Crippen LogP contribution in [0.2, 0.25) is 5.28 Å². The maximum absolute atomic E-state index is 13.6. The van der Waals surface area contributed by atoms with Gasteiger partial charge in [-0.3, -0.25) is 0 Å². The summed E-state index contributed by atoms with van der Waals surface area (Å²) < 4.78 is 13.6. The monoisotopic (exact) mass is 212 g/mol. The lowest BCUT2D eigenvalue weighted by atomic mass is 10.00. The number of benzene rings is 1. The summed E-state index contributed by atoms with van der Waals surface area (Å²) >= 11 is 5.69. The number of imidazole rings is 1. The van der Waals surface area contributed by atoms with Crippen LogP contribution in [0, 0.1) is 0 Å². The van der Waals surface area contributed by atoms with Crippen molar-refractivity contribution in [3.05, 3.63) is 29.0 Å². The highest BCUT2D eigenvalue weighted by Gasteiger charge is 2.19. The molecular formula is C10H10ClFN2. The molecule has 0 saturated carbocycles. The van der Waals surface area contributed by atoms with Crippen molar-refractivity contribution in [2.45, 2.75) is 19.5 Å². The zero-order chi connectivity index (χ0) is 10.3. The molecule has 2 nitrogen and oxygen atoms in total. The molecule has 0 aliphatic carbocycles. The molecule has 4 heteroatoms. The highest BCUT2D eigenvalue weighted by molar-refractivity contribution is 6.29. The van der Waals surface area contributed by atoms with Gasteiger partial charge in [-0.25, -0.2) is 9.37 Å². The molecule has 0 atom stereocenters. The van der Waals surface area contributed by atoms with E-state index in [2.05, 4.69) is 9.97 Å². The van der Waals surface area contributed by atoms with Gasteiger partial charge in [0, 0.05) is 0 Å². The van der Waals surface area contributed by atoms with Gasteiger partial charge in [0.15, 0.2) is 0 Å². The highest BCUT2D eigenvalue weighted by Crippen LogP contribution is 2.27. The van der Waals surface area contributed by atoms with Crippen molar-refractivity contribution in [1.82, 2.24) is 9.97 Å². The molecule has 14 heavy (non-hydrogen) atoms. The van der Waals surface area contributed by atoms with Crippen molar-refractivity contribution >= 4 is 22.6 Å². The molecule has 0 fully saturated rings. The van der Waals surface area contributed by atoms with Crippen LogP contribution in [-0.2, 0) is 5.67 Å². The Morgan fingerprint density at radius 3 is 2.79 bits per heavy atom. The number of H-pyrrole nitrogens is 1. The minimum Gasteiger partial charge on any atom is -0.329 e. The van der Waals surface area contributed by atoms with Crippen molar-refractivity contribution in [1.29, 1.82) is 0 Å². The van der Waals surface area contributed by atoms with Gasteiger partial charge in [0.2, 0.25) is 5.28 Å². The minimum atomic E-state index is -1.34. The van der Waals surface area contributed by atoms with Gasteiger partial charge >= 0.3 is 0 Å². The quantitative estimate of drug-likeness (QED) is 0.771. The van der Waals surface area contributed by atoms with E-state index in [0.717, 1.165) is 11.0 Å². The Morgan fingerprint density at radius 2 is 2.14 bits per heavy atom. The van der Waals surface area contributed by atoms with Crippen LogP contribution in [0.3, 0.4) is 0 Å². The van der Waals surface area contributed by atoms with Gasteiger partial charge in [-0.15, -0.1) is 0 Å². The third kappa shape index (κ3) is 1.60. The number of hydrogen-bond donors (Lipinski definition) is 1. The Morgan fingerprint density at radius 1 is 1.43 bits per heavy atom. The third-order valence-corrected chi connectivity index (χ3v) is 2.32. The Labute approximate surface area is 86.1 Å². The van der Waals surface area contributed by atoms with E-state index in [9.17, 15) is 4.39 Å². The second-order valence-corrected chi connectivity index (χ2v) is 4.09. The molecule has 0 spiro atoms. The van der Waals surface area contributed by atoms with Crippen LogP contribution in [0.1, 0.15) is 19.4 Å². The first-order valence-corrected chi connectivity index (χ1v) is 4.69. The summed E-state index contributed by atoms with van der Waals surface area (Å²) in [6.07, 6.45) is 0. The smallest absolute Gasteiger partial charge is 0.201 e. The second kappa shape index (κ2) is 2.95. The molecule has 0 amide bonds. The molecule has 2 aromatic rings. The summed E-state index contributed by atoms with van der Waals surface area (Å²) in [5.74, 6) is 0. The Hall–Kier alpha value is -1.09. The Kier molecular flexibility index (Phi) is 2.00. The average Bonchev–Trinajstić information content (AvgIpc) is 2.41. The van der Waals surface area contributed by atoms with Gasteiger partial charge in [0.25, 0.3) is 0 Å². The average molecular weight is 213 g/mol. The van der Waals surface area contributed by atoms with Crippen molar-refractivity contribution in [3.8, 4) is 0 Å². The summed E-state index contributed by atoms with van der Waals surface area (Å²) in [5.41, 5.74) is 0.790. The number of aromatic nitrogens is 2. The van der Waals surface area contributed by atoms with Crippen molar-refractivity contribution < 1.29 is 4.39 Å². The van der Waals surface area contributed by atoms with Gasteiger partial charge in [-0.1, -0.05) is 6.07 Å². The fraction of sp³-hybridized carbons (Fsp3) is 0.300. The van der Waals surface area contributed by atoms with E-state index in [1.807, 2.05) is 0 Å². The zero-order valence-electron chi connectivity index (χ0n) is 7.94. The Bertz CT molecular complexity index is 470. The normalized spacial score (nSPS) is 12.3. The predicted molar refractivity (Wildman–Crippen MR) is 55.2 cm³/mol. The molecule has 0 aliphatic rings. The van der Waals surface area contributed by atoms with Crippen molar-refractivity contribution in [2.75, 3.05) is 0 Å². The van der Waals surface area contributed by atoms with Gasteiger partial charge in [-0.05, 0) is 43.1 Å². The van der Waals surface area contributed by atoms with Crippen LogP contribution >= 0.6 is 11.6 Å². The highest BCUT2D eigenvalue weighted by atomic mass is 35.5. The lowest BCUT2D eigenvalue weighted by Crippen LogP contribution is -2.08. The number of halogens is 2. The summed E-state index contributed by atoms with van der Waals surface area (Å²) in [6, 6.07) is 5.21. The van der Waals surface area contributed by atoms with Gasteiger partial charge in [0.05, 0.1) is 11.0 Å². The summed E-state index contributed by atoms with van der Waals surface area (Å²) in [4.78, 5) is 6.88. The fourth-order valence-electron chi connectivity index (χ4n) is 1.35. The maximum atomic E-state index is 13.6. The number of aromatic amines is 1. The van der Waals surface area contributed by atoms with E-state index in [0.29, 0.717) is 10.8 Å². The van der Waals surface area contributed by atoms with E-state index < -0.39 is 5.67 Å². The van der Waals surface area contributed by atoms with Crippen LogP contribution in [0.25, 0.3) is 11.0 Å². The number of rotatable bonds is 1. The SMILES string of the molecule is CC(C)(F)c1ccc2nc(Cl)[nH]c2c1. The lowest BCUT2D eigenvalue weighted by molar-refractivity contribution is 0.221. The van der Waals surface area contributed by atoms with Gasteiger partial charge in [-0.2, -0.15) is 0 Å². The topological polar surface area (TPSA) is 28.7 Å². The molecule has 74 valence electrons. The third-order valence-electron chi connectivity index (χ3n) is 2.14. The zero-order valence-corrected chi connectivity index (χ0v) is 8.69. The standard InChI is InChI=1S/C10H10ClFN2/c1-10(2,12)6-3-4-7-8(5-6)14-9(11)13-7/h3-5H,1-2H3,(H,13,14). The molecule has 0 radical (unpaired) electrons. The van der Waals surface area contributed by atoms with Crippen molar-refractivity contribution in [3.63, 3.8) is 0 Å². The molecule has 0 bridgehead atoms. The predicted octanol–water partition coefficient (Wildman–Crippen LogP) is 3.42. The lowest BCUT2D eigenvalue weighted by Gasteiger charge is -2.13. The fourth-order valence-corrected chi connectivity index (χ4v) is 1.54. The summed E-state index contributed by atoms with van der Waals surface area (Å²) in [6.45, 7) is 3.04. The van der Waals surface area contributed by atoms with Gasteiger partial charge in [0.1, 0.15) is 5.67 Å². The van der Waals surface area contributed by atoms with Crippen molar-refractivity contribution in [2.24, 2.45) is 0 Å². The summed E-state index contributed by atoms with van der Waals surface area (Å²) in [5, 5.41) is 0.328. The molecule has 1 N–H and O–H groups in total. The second-order valence-electron chi connectivity index (χ2n) is 3.73.